The van der Waals surface area contributed by atoms with Gasteiger partial charge in [-0.05, 0) is 26.0 Å². The summed E-state index contributed by atoms with van der Waals surface area (Å²) in [5.74, 6) is 0.718. The van der Waals surface area contributed by atoms with Crippen molar-refractivity contribution in [3.63, 3.8) is 0 Å². The Kier molecular flexibility index (Phi) is 4.63. The summed E-state index contributed by atoms with van der Waals surface area (Å²) in [5.41, 5.74) is 4.92. The normalized spacial score (nSPS) is 12.1. The number of aromatic nitrogens is 3. The van der Waals surface area contributed by atoms with E-state index >= 15 is 0 Å². The molecule has 2 rings (SSSR count). The van der Waals surface area contributed by atoms with Gasteiger partial charge in [-0.2, -0.15) is 0 Å². The van der Waals surface area contributed by atoms with Crippen LogP contribution in [0.15, 0.2) is 28.0 Å². The molecule has 3 amide bonds. The maximum atomic E-state index is 11.7. The van der Waals surface area contributed by atoms with E-state index in [1.165, 1.54) is 11.8 Å². The van der Waals surface area contributed by atoms with Crippen LogP contribution in [0.5, 0.6) is 0 Å². The number of rotatable bonds is 5. The smallest absolute Gasteiger partial charge is 0.318 e. The lowest BCUT2D eigenvalue weighted by Gasteiger charge is -2.10. The average molecular weight is 309 g/mol. The Hall–Kier alpha value is -2.29. The van der Waals surface area contributed by atoms with Gasteiger partial charge in [0, 0.05) is 6.54 Å². The van der Waals surface area contributed by atoms with Crippen LogP contribution in [0.4, 0.5) is 4.79 Å². The summed E-state index contributed by atoms with van der Waals surface area (Å²) >= 11 is 1.19. The topological polar surface area (TPSA) is 116 Å². The van der Waals surface area contributed by atoms with Crippen LogP contribution in [-0.2, 0) is 11.3 Å². The molecule has 2 aromatic rings. The summed E-state index contributed by atoms with van der Waals surface area (Å²) in [6.07, 6.45) is 1.56. The van der Waals surface area contributed by atoms with Crippen molar-refractivity contribution in [3.8, 4) is 11.6 Å². The van der Waals surface area contributed by atoms with E-state index in [9.17, 15) is 9.59 Å². The van der Waals surface area contributed by atoms with Crippen molar-refractivity contribution in [2.24, 2.45) is 5.73 Å². The van der Waals surface area contributed by atoms with E-state index in [1.807, 2.05) is 16.8 Å². The van der Waals surface area contributed by atoms with Gasteiger partial charge in [0.25, 0.3) is 0 Å². The molecule has 8 nitrogen and oxygen atoms in total. The Morgan fingerprint density at radius 1 is 1.52 bits per heavy atom. The molecule has 9 heteroatoms. The van der Waals surface area contributed by atoms with E-state index in [1.54, 1.807) is 25.3 Å². The molecule has 2 heterocycles. The number of amides is 3. The van der Waals surface area contributed by atoms with Crippen molar-refractivity contribution in [1.82, 2.24) is 20.1 Å². The molecule has 0 aromatic carbocycles. The van der Waals surface area contributed by atoms with Crippen molar-refractivity contribution < 1.29 is 14.0 Å². The van der Waals surface area contributed by atoms with Crippen molar-refractivity contribution in [2.45, 2.75) is 30.8 Å². The number of carbonyl (C=O) groups is 2. The van der Waals surface area contributed by atoms with Gasteiger partial charge >= 0.3 is 6.03 Å². The molecule has 0 saturated carbocycles. The average Bonchev–Trinajstić information content (AvgIpc) is 3.05. The predicted molar refractivity (Wildman–Crippen MR) is 76.4 cm³/mol. The highest BCUT2D eigenvalue weighted by Gasteiger charge is 2.21. The fourth-order valence-electron chi connectivity index (χ4n) is 1.68. The summed E-state index contributed by atoms with van der Waals surface area (Å²) in [6.45, 7) is 4.22. The van der Waals surface area contributed by atoms with Gasteiger partial charge in [-0.15, -0.1) is 10.2 Å². The van der Waals surface area contributed by atoms with Crippen LogP contribution < -0.4 is 11.1 Å². The second-order valence-electron chi connectivity index (χ2n) is 4.14. The van der Waals surface area contributed by atoms with Crippen molar-refractivity contribution in [1.29, 1.82) is 0 Å². The van der Waals surface area contributed by atoms with Gasteiger partial charge < -0.3 is 10.2 Å². The molecule has 0 aliphatic rings. The third kappa shape index (κ3) is 3.43. The van der Waals surface area contributed by atoms with Crippen LogP contribution in [0, 0.1) is 0 Å². The molecule has 0 aliphatic carbocycles. The molecule has 3 N–H and O–H groups in total. The van der Waals surface area contributed by atoms with Gasteiger partial charge in [0.15, 0.2) is 16.7 Å². The summed E-state index contributed by atoms with van der Waals surface area (Å²) < 4.78 is 7.14. The SMILES string of the molecule is CCn1c(S[C@H](C)C(=O)NC(N)=O)nnc1-c1ccco1. The third-order valence-corrected chi connectivity index (χ3v) is 3.75. The largest absolute Gasteiger partial charge is 0.461 e. The van der Waals surface area contributed by atoms with Gasteiger partial charge in [-0.1, -0.05) is 11.8 Å². The Morgan fingerprint density at radius 3 is 2.86 bits per heavy atom. The number of nitrogens with zero attached hydrogens (tertiary/aromatic N) is 3. The number of furan rings is 1. The lowest BCUT2D eigenvalue weighted by Crippen LogP contribution is -2.39. The van der Waals surface area contributed by atoms with Crippen molar-refractivity contribution >= 4 is 23.7 Å². The minimum Gasteiger partial charge on any atom is -0.461 e. The Morgan fingerprint density at radius 2 is 2.29 bits per heavy atom. The standard InChI is InChI=1S/C12H15N5O3S/c1-3-17-9(8-5-4-6-20-8)15-16-12(17)21-7(2)10(18)14-11(13)19/h4-7H,3H2,1-2H3,(H3,13,14,18,19)/t7-/m1/s1. The molecule has 0 bridgehead atoms. The zero-order chi connectivity index (χ0) is 15.4. The van der Waals surface area contributed by atoms with Gasteiger partial charge in [0.05, 0.1) is 11.5 Å². The number of carbonyl (C=O) groups excluding carboxylic acids is 2. The molecule has 0 aliphatic heterocycles. The van der Waals surface area contributed by atoms with E-state index in [0.29, 0.717) is 23.3 Å². The summed E-state index contributed by atoms with van der Waals surface area (Å²) in [4.78, 5) is 22.4. The zero-order valence-electron chi connectivity index (χ0n) is 11.6. The van der Waals surface area contributed by atoms with E-state index in [2.05, 4.69) is 10.2 Å². The number of nitrogens with two attached hydrogens (primary N) is 1. The molecule has 0 saturated heterocycles. The maximum absolute atomic E-state index is 11.7. The van der Waals surface area contributed by atoms with E-state index in [4.69, 9.17) is 10.2 Å². The first kappa shape index (κ1) is 15.1. The number of imide groups is 1. The Bertz CT molecular complexity index is 637. The molecule has 0 spiro atoms. The maximum Gasteiger partial charge on any atom is 0.318 e. The molecule has 0 radical (unpaired) electrons. The first-order chi connectivity index (χ1) is 10.0. The third-order valence-electron chi connectivity index (χ3n) is 2.67. The van der Waals surface area contributed by atoms with E-state index < -0.39 is 17.2 Å². The lowest BCUT2D eigenvalue weighted by atomic mass is 10.4. The fraction of sp³-hybridized carbons (Fsp3) is 0.333. The highest BCUT2D eigenvalue weighted by Crippen LogP contribution is 2.26. The summed E-state index contributed by atoms with van der Waals surface area (Å²) in [5, 5.41) is 10.2. The van der Waals surface area contributed by atoms with Gasteiger partial charge in [-0.25, -0.2) is 4.79 Å². The fourth-order valence-corrected chi connectivity index (χ4v) is 2.60. The quantitative estimate of drug-likeness (QED) is 0.802. The number of hydrogen-bond donors (Lipinski definition) is 2. The Labute approximate surface area is 125 Å². The second-order valence-corrected chi connectivity index (χ2v) is 5.45. The molecular formula is C12H15N5O3S. The van der Waals surface area contributed by atoms with Crippen LogP contribution >= 0.6 is 11.8 Å². The molecule has 21 heavy (non-hydrogen) atoms. The highest BCUT2D eigenvalue weighted by molar-refractivity contribution is 8.00. The first-order valence-corrected chi connectivity index (χ1v) is 7.15. The van der Waals surface area contributed by atoms with Crippen LogP contribution in [0.1, 0.15) is 13.8 Å². The number of hydrogen-bond acceptors (Lipinski definition) is 6. The molecule has 112 valence electrons. The molecular weight excluding hydrogens is 294 g/mol. The Balaban J connectivity index is 2.18. The highest BCUT2D eigenvalue weighted by atomic mass is 32.2. The summed E-state index contributed by atoms with van der Waals surface area (Å²) in [6, 6.07) is 2.67. The monoisotopic (exact) mass is 309 g/mol. The van der Waals surface area contributed by atoms with Crippen LogP contribution in [0.2, 0.25) is 0 Å². The van der Waals surface area contributed by atoms with Crippen molar-refractivity contribution in [3.05, 3.63) is 18.4 Å². The van der Waals surface area contributed by atoms with E-state index in [-0.39, 0.29) is 0 Å². The number of primary amides is 1. The molecule has 0 fully saturated rings. The van der Waals surface area contributed by atoms with Crippen molar-refractivity contribution in [2.75, 3.05) is 0 Å². The van der Waals surface area contributed by atoms with Crippen LogP contribution in [-0.4, -0.2) is 32.0 Å². The van der Waals surface area contributed by atoms with Gasteiger partial charge in [-0.3, -0.25) is 14.7 Å². The predicted octanol–water partition coefficient (Wildman–Crippen LogP) is 1.23. The molecule has 2 aromatic heterocycles. The van der Waals surface area contributed by atoms with Crippen LogP contribution in [0.3, 0.4) is 0 Å². The number of urea groups is 1. The van der Waals surface area contributed by atoms with E-state index in [0.717, 1.165) is 0 Å². The molecule has 0 unspecified atom stereocenters. The zero-order valence-corrected chi connectivity index (χ0v) is 12.4. The second kappa shape index (κ2) is 6.44. The minimum absolute atomic E-state index is 0.474. The lowest BCUT2D eigenvalue weighted by molar-refractivity contribution is -0.119. The number of thioether (sulfide) groups is 1. The van der Waals surface area contributed by atoms with Gasteiger partial charge in [0.2, 0.25) is 5.91 Å². The number of nitrogens with one attached hydrogen (secondary N) is 1. The summed E-state index contributed by atoms with van der Waals surface area (Å²) in [7, 11) is 0. The minimum atomic E-state index is -0.874. The first-order valence-electron chi connectivity index (χ1n) is 6.27. The molecule has 1 atom stereocenters. The van der Waals surface area contributed by atoms with Crippen LogP contribution in [0.25, 0.3) is 11.6 Å². The van der Waals surface area contributed by atoms with Gasteiger partial charge in [0.1, 0.15) is 0 Å².